The summed E-state index contributed by atoms with van der Waals surface area (Å²) in [5.41, 5.74) is -0.556. The lowest BCUT2D eigenvalue weighted by Crippen LogP contribution is -2.34. The molecule has 0 unspecified atom stereocenters. The van der Waals surface area contributed by atoms with E-state index in [1.807, 2.05) is 17.5 Å². The third-order valence-corrected chi connectivity index (χ3v) is 2.56. The molecule has 0 aliphatic carbocycles. The van der Waals surface area contributed by atoms with Crippen LogP contribution in [0.25, 0.3) is 0 Å². The Kier molecular flexibility index (Phi) is 3.91. The van der Waals surface area contributed by atoms with Crippen LogP contribution in [-0.2, 0) is 4.74 Å². The van der Waals surface area contributed by atoms with Crippen molar-refractivity contribution in [1.82, 2.24) is 5.32 Å². The molecule has 1 heterocycles. The standard InChI is InChI=1S/C11H14N2O2S/c1-11(2,3)15-10(14)13-8(7-12)9-5-4-6-16-9/h4-6,8H,1-3H3,(H,13,14)/t8-/m0/s1. The second-order valence-corrected chi connectivity index (χ2v) is 5.20. The van der Waals surface area contributed by atoms with E-state index >= 15 is 0 Å². The molecule has 0 aromatic carbocycles. The van der Waals surface area contributed by atoms with Crippen molar-refractivity contribution >= 4 is 17.4 Å². The number of hydrogen-bond donors (Lipinski definition) is 1. The molecule has 0 radical (unpaired) electrons. The summed E-state index contributed by atoms with van der Waals surface area (Å²) in [5, 5.41) is 13.3. The van der Waals surface area contributed by atoms with Crippen LogP contribution in [0.15, 0.2) is 17.5 Å². The van der Waals surface area contributed by atoms with Crippen molar-refractivity contribution in [2.75, 3.05) is 0 Å². The lowest BCUT2D eigenvalue weighted by atomic mass is 10.2. The Hall–Kier alpha value is -1.54. The molecule has 0 saturated heterocycles. The van der Waals surface area contributed by atoms with E-state index in [1.54, 1.807) is 26.8 Å². The van der Waals surface area contributed by atoms with E-state index in [4.69, 9.17) is 10.00 Å². The first-order valence-corrected chi connectivity index (χ1v) is 5.73. The van der Waals surface area contributed by atoms with Gasteiger partial charge in [-0.15, -0.1) is 11.3 Å². The number of ether oxygens (including phenoxy) is 1. The second-order valence-electron chi connectivity index (χ2n) is 4.22. The smallest absolute Gasteiger partial charge is 0.409 e. The molecule has 1 aromatic rings. The van der Waals surface area contributed by atoms with E-state index in [0.717, 1.165) is 4.88 Å². The summed E-state index contributed by atoms with van der Waals surface area (Å²) >= 11 is 1.42. The van der Waals surface area contributed by atoms with Gasteiger partial charge in [0.25, 0.3) is 0 Å². The summed E-state index contributed by atoms with van der Waals surface area (Å²) in [6.45, 7) is 5.33. The van der Waals surface area contributed by atoms with Crippen LogP contribution in [0.1, 0.15) is 31.7 Å². The number of rotatable bonds is 2. The molecule has 1 N–H and O–H groups in total. The number of nitrogens with one attached hydrogen (secondary N) is 1. The number of carbonyl (C=O) groups excluding carboxylic acids is 1. The molecule has 0 saturated carbocycles. The molecule has 0 fully saturated rings. The summed E-state index contributed by atoms with van der Waals surface area (Å²) in [5.74, 6) is 0. The Morgan fingerprint density at radius 2 is 2.31 bits per heavy atom. The van der Waals surface area contributed by atoms with Gasteiger partial charge in [-0.05, 0) is 32.2 Å². The summed E-state index contributed by atoms with van der Waals surface area (Å²) in [4.78, 5) is 12.2. The third-order valence-electron chi connectivity index (χ3n) is 1.62. The maximum atomic E-state index is 11.4. The Bertz CT molecular complexity index is 387. The van der Waals surface area contributed by atoms with Crippen molar-refractivity contribution in [3.05, 3.63) is 22.4 Å². The van der Waals surface area contributed by atoms with Crippen LogP contribution >= 0.6 is 11.3 Å². The summed E-state index contributed by atoms with van der Waals surface area (Å²) in [7, 11) is 0. The first kappa shape index (κ1) is 12.5. The zero-order valence-electron chi connectivity index (χ0n) is 9.48. The van der Waals surface area contributed by atoms with Crippen LogP contribution in [0.5, 0.6) is 0 Å². The predicted molar refractivity (Wildman–Crippen MR) is 62.0 cm³/mol. The van der Waals surface area contributed by atoms with Gasteiger partial charge in [0.15, 0.2) is 6.04 Å². The van der Waals surface area contributed by atoms with Crippen molar-refractivity contribution in [1.29, 1.82) is 5.26 Å². The van der Waals surface area contributed by atoms with Crippen LogP contribution in [0.2, 0.25) is 0 Å². The first-order chi connectivity index (χ1) is 7.42. The van der Waals surface area contributed by atoms with Gasteiger partial charge in [-0.25, -0.2) is 4.79 Å². The van der Waals surface area contributed by atoms with E-state index in [-0.39, 0.29) is 0 Å². The number of thiophene rings is 1. The number of nitrogens with zero attached hydrogens (tertiary/aromatic N) is 1. The summed E-state index contributed by atoms with van der Waals surface area (Å²) < 4.78 is 5.07. The number of alkyl carbamates (subject to hydrolysis) is 1. The average Bonchev–Trinajstić information content (AvgIpc) is 2.63. The average molecular weight is 238 g/mol. The van der Waals surface area contributed by atoms with Crippen LogP contribution in [-0.4, -0.2) is 11.7 Å². The Labute approximate surface area is 98.8 Å². The van der Waals surface area contributed by atoms with Gasteiger partial charge in [0.1, 0.15) is 5.60 Å². The minimum Gasteiger partial charge on any atom is -0.444 e. The summed E-state index contributed by atoms with van der Waals surface area (Å²) in [6, 6.07) is 5.01. The fourth-order valence-corrected chi connectivity index (χ4v) is 1.77. The molecule has 5 heteroatoms. The highest BCUT2D eigenvalue weighted by Crippen LogP contribution is 2.18. The van der Waals surface area contributed by atoms with Gasteiger partial charge in [0.05, 0.1) is 6.07 Å². The molecule has 1 atom stereocenters. The highest BCUT2D eigenvalue weighted by Gasteiger charge is 2.20. The van der Waals surface area contributed by atoms with Gasteiger partial charge in [-0.2, -0.15) is 5.26 Å². The summed E-state index contributed by atoms with van der Waals surface area (Å²) in [6.07, 6.45) is -0.576. The van der Waals surface area contributed by atoms with Gasteiger partial charge in [0.2, 0.25) is 0 Å². The maximum Gasteiger partial charge on any atom is 0.409 e. The maximum absolute atomic E-state index is 11.4. The molecule has 86 valence electrons. The fourth-order valence-electron chi connectivity index (χ4n) is 1.05. The molecule has 4 nitrogen and oxygen atoms in total. The molecule has 0 aliphatic rings. The van der Waals surface area contributed by atoms with Crippen molar-refractivity contribution in [3.63, 3.8) is 0 Å². The van der Waals surface area contributed by atoms with Crippen molar-refractivity contribution in [2.24, 2.45) is 0 Å². The zero-order chi connectivity index (χ0) is 12.2. The SMILES string of the molecule is CC(C)(C)OC(=O)N[C@@H](C#N)c1cccs1. The number of amides is 1. The van der Waals surface area contributed by atoms with Crippen molar-refractivity contribution in [3.8, 4) is 6.07 Å². The minimum atomic E-state index is -0.644. The molecular weight excluding hydrogens is 224 g/mol. The number of carbonyl (C=O) groups is 1. The van der Waals surface area contributed by atoms with Crippen molar-refractivity contribution < 1.29 is 9.53 Å². The first-order valence-electron chi connectivity index (χ1n) is 4.85. The van der Waals surface area contributed by atoms with Crippen LogP contribution < -0.4 is 5.32 Å². The van der Waals surface area contributed by atoms with Crippen molar-refractivity contribution in [2.45, 2.75) is 32.4 Å². The normalized spacial score (nSPS) is 12.6. The Morgan fingerprint density at radius 1 is 1.62 bits per heavy atom. The quantitative estimate of drug-likeness (QED) is 0.861. The van der Waals surface area contributed by atoms with Crippen LogP contribution in [0, 0.1) is 11.3 Å². The topological polar surface area (TPSA) is 62.1 Å². The highest BCUT2D eigenvalue weighted by molar-refractivity contribution is 7.10. The zero-order valence-corrected chi connectivity index (χ0v) is 10.3. The molecular formula is C11H14N2O2S. The van der Waals surface area contributed by atoms with E-state index in [2.05, 4.69) is 5.32 Å². The van der Waals surface area contributed by atoms with Gasteiger partial charge in [0, 0.05) is 4.88 Å². The van der Waals surface area contributed by atoms with Gasteiger partial charge >= 0.3 is 6.09 Å². The van der Waals surface area contributed by atoms with Gasteiger partial charge in [-0.3, -0.25) is 0 Å². The van der Waals surface area contributed by atoms with E-state index < -0.39 is 17.7 Å². The lowest BCUT2D eigenvalue weighted by Gasteiger charge is -2.20. The second kappa shape index (κ2) is 4.99. The lowest BCUT2D eigenvalue weighted by molar-refractivity contribution is 0.0516. The largest absolute Gasteiger partial charge is 0.444 e. The molecule has 1 aromatic heterocycles. The van der Waals surface area contributed by atoms with E-state index in [0.29, 0.717) is 0 Å². The highest BCUT2D eigenvalue weighted by atomic mass is 32.1. The molecule has 0 bridgehead atoms. The molecule has 1 amide bonds. The molecule has 16 heavy (non-hydrogen) atoms. The van der Waals surface area contributed by atoms with Gasteiger partial charge < -0.3 is 10.1 Å². The molecule has 1 rings (SSSR count). The van der Waals surface area contributed by atoms with E-state index in [1.165, 1.54) is 11.3 Å². The minimum absolute atomic E-state index is 0.556. The Balaban J connectivity index is 2.59. The monoisotopic (exact) mass is 238 g/mol. The van der Waals surface area contributed by atoms with Crippen LogP contribution in [0.3, 0.4) is 0 Å². The molecule has 0 spiro atoms. The molecule has 0 aliphatic heterocycles. The number of nitriles is 1. The number of hydrogen-bond acceptors (Lipinski definition) is 4. The van der Waals surface area contributed by atoms with Gasteiger partial charge in [-0.1, -0.05) is 6.07 Å². The predicted octanol–water partition coefficient (Wildman–Crippen LogP) is 2.84. The Morgan fingerprint density at radius 3 is 2.75 bits per heavy atom. The van der Waals surface area contributed by atoms with E-state index in [9.17, 15) is 4.79 Å². The third kappa shape index (κ3) is 3.91. The van der Waals surface area contributed by atoms with Crippen LogP contribution in [0.4, 0.5) is 4.79 Å². The fraction of sp³-hybridized carbons (Fsp3) is 0.455.